The average Bonchev–Trinajstić information content (AvgIpc) is 2.56. The van der Waals surface area contributed by atoms with Gasteiger partial charge in [-0.25, -0.2) is 0 Å². The van der Waals surface area contributed by atoms with Crippen LogP contribution in [0.15, 0.2) is 60.7 Å². The fraction of sp³-hybridized carbons (Fsp3) is 0.278. The summed E-state index contributed by atoms with van der Waals surface area (Å²) in [4.78, 5) is 13.8. The van der Waals surface area contributed by atoms with Crippen LogP contribution in [0.5, 0.6) is 0 Å². The Morgan fingerprint density at radius 2 is 1.68 bits per heavy atom. The molecule has 2 aromatic rings. The lowest BCUT2D eigenvalue weighted by molar-refractivity contribution is -0.126. The van der Waals surface area contributed by atoms with Crippen LogP contribution in [0, 0.1) is 0 Å². The SMILES string of the molecule is CN(CCNC(=O)COCc1ccccc1)c1ccccc1. The fourth-order valence-electron chi connectivity index (χ4n) is 2.06. The molecule has 0 radical (unpaired) electrons. The lowest BCUT2D eigenvalue weighted by atomic mass is 10.2. The van der Waals surface area contributed by atoms with Crippen LogP contribution in [0.2, 0.25) is 0 Å². The van der Waals surface area contributed by atoms with E-state index in [-0.39, 0.29) is 12.5 Å². The van der Waals surface area contributed by atoms with Crippen LogP contribution in [0.25, 0.3) is 0 Å². The van der Waals surface area contributed by atoms with Gasteiger partial charge in [0.05, 0.1) is 6.61 Å². The summed E-state index contributed by atoms with van der Waals surface area (Å²) in [5.74, 6) is -0.0857. The van der Waals surface area contributed by atoms with Crippen molar-refractivity contribution in [2.24, 2.45) is 0 Å². The molecular weight excluding hydrogens is 276 g/mol. The van der Waals surface area contributed by atoms with Crippen molar-refractivity contribution < 1.29 is 9.53 Å². The number of rotatable bonds is 8. The Hall–Kier alpha value is -2.33. The highest BCUT2D eigenvalue weighted by Crippen LogP contribution is 2.09. The Balaban J connectivity index is 1.60. The minimum Gasteiger partial charge on any atom is -0.373 e. The van der Waals surface area contributed by atoms with Crippen molar-refractivity contribution in [2.75, 3.05) is 31.6 Å². The number of nitrogens with zero attached hydrogens (tertiary/aromatic N) is 1. The molecule has 1 N–H and O–H groups in total. The van der Waals surface area contributed by atoms with E-state index in [9.17, 15) is 4.79 Å². The number of carbonyl (C=O) groups excluding carboxylic acids is 1. The summed E-state index contributed by atoms with van der Waals surface area (Å²) in [5.41, 5.74) is 2.20. The molecule has 4 heteroatoms. The van der Waals surface area contributed by atoms with Gasteiger partial charge in [-0.15, -0.1) is 0 Å². The normalized spacial score (nSPS) is 10.2. The Kier molecular flexibility index (Phi) is 6.45. The Labute approximate surface area is 131 Å². The Morgan fingerprint density at radius 3 is 2.36 bits per heavy atom. The molecule has 0 aliphatic heterocycles. The number of ether oxygens (including phenoxy) is 1. The molecule has 0 fully saturated rings. The fourth-order valence-corrected chi connectivity index (χ4v) is 2.06. The molecule has 0 saturated carbocycles. The zero-order valence-corrected chi connectivity index (χ0v) is 12.9. The average molecular weight is 298 g/mol. The van der Waals surface area contributed by atoms with Crippen molar-refractivity contribution in [3.63, 3.8) is 0 Å². The first-order valence-electron chi connectivity index (χ1n) is 7.40. The van der Waals surface area contributed by atoms with Crippen molar-refractivity contribution in [3.05, 3.63) is 66.2 Å². The van der Waals surface area contributed by atoms with Crippen LogP contribution < -0.4 is 10.2 Å². The van der Waals surface area contributed by atoms with E-state index in [1.54, 1.807) is 0 Å². The molecule has 4 nitrogen and oxygen atoms in total. The Morgan fingerprint density at radius 1 is 1.05 bits per heavy atom. The number of carbonyl (C=O) groups is 1. The monoisotopic (exact) mass is 298 g/mol. The van der Waals surface area contributed by atoms with Crippen LogP contribution in [0.4, 0.5) is 5.69 Å². The van der Waals surface area contributed by atoms with E-state index >= 15 is 0 Å². The van der Waals surface area contributed by atoms with E-state index in [1.165, 1.54) is 0 Å². The molecule has 0 aliphatic rings. The lowest BCUT2D eigenvalue weighted by Gasteiger charge is -2.19. The molecule has 22 heavy (non-hydrogen) atoms. The molecule has 0 unspecified atom stereocenters. The first-order chi connectivity index (χ1) is 10.8. The third kappa shape index (κ3) is 5.58. The molecule has 0 aliphatic carbocycles. The van der Waals surface area contributed by atoms with Gasteiger partial charge < -0.3 is 15.0 Å². The number of nitrogens with one attached hydrogen (secondary N) is 1. The summed E-state index contributed by atoms with van der Waals surface area (Å²) in [6.45, 7) is 1.90. The smallest absolute Gasteiger partial charge is 0.246 e. The maximum atomic E-state index is 11.7. The number of benzene rings is 2. The minimum atomic E-state index is -0.0857. The first-order valence-corrected chi connectivity index (χ1v) is 7.40. The predicted molar refractivity (Wildman–Crippen MR) is 88.8 cm³/mol. The van der Waals surface area contributed by atoms with Crippen molar-refractivity contribution in [1.82, 2.24) is 5.32 Å². The van der Waals surface area contributed by atoms with Gasteiger partial charge in [-0.1, -0.05) is 48.5 Å². The molecule has 0 bridgehead atoms. The molecule has 1 amide bonds. The van der Waals surface area contributed by atoms with Gasteiger partial charge in [-0.2, -0.15) is 0 Å². The molecule has 0 aromatic heterocycles. The zero-order valence-electron chi connectivity index (χ0n) is 12.9. The van der Waals surface area contributed by atoms with Crippen LogP contribution in [-0.4, -0.2) is 32.7 Å². The Bertz CT molecular complexity index is 558. The van der Waals surface area contributed by atoms with Gasteiger partial charge in [0.25, 0.3) is 0 Å². The van der Waals surface area contributed by atoms with Crippen molar-refractivity contribution in [3.8, 4) is 0 Å². The second-order valence-corrected chi connectivity index (χ2v) is 5.09. The molecule has 0 atom stereocenters. The number of likely N-dealkylation sites (N-methyl/N-ethyl adjacent to an activating group) is 1. The summed E-state index contributed by atoms with van der Waals surface area (Å²) in [7, 11) is 2.01. The van der Waals surface area contributed by atoms with E-state index in [0.29, 0.717) is 13.2 Å². The van der Waals surface area contributed by atoms with Crippen LogP contribution in [-0.2, 0) is 16.1 Å². The van der Waals surface area contributed by atoms with Gasteiger partial charge in [0.1, 0.15) is 6.61 Å². The maximum Gasteiger partial charge on any atom is 0.246 e. The highest BCUT2D eigenvalue weighted by atomic mass is 16.5. The summed E-state index contributed by atoms with van der Waals surface area (Å²) in [5, 5.41) is 2.86. The van der Waals surface area contributed by atoms with E-state index in [0.717, 1.165) is 17.8 Å². The largest absolute Gasteiger partial charge is 0.373 e. The quantitative estimate of drug-likeness (QED) is 0.814. The number of hydrogen-bond acceptors (Lipinski definition) is 3. The molecule has 0 saturated heterocycles. The molecule has 0 spiro atoms. The maximum absolute atomic E-state index is 11.7. The molecular formula is C18H22N2O2. The van der Waals surface area contributed by atoms with Crippen LogP contribution in [0.1, 0.15) is 5.56 Å². The third-order valence-corrected chi connectivity index (χ3v) is 3.31. The highest BCUT2D eigenvalue weighted by Gasteiger charge is 2.03. The van der Waals surface area contributed by atoms with Crippen molar-refractivity contribution in [1.29, 1.82) is 0 Å². The van der Waals surface area contributed by atoms with Crippen LogP contribution in [0.3, 0.4) is 0 Å². The highest BCUT2D eigenvalue weighted by molar-refractivity contribution is 5.77. The number of hydrogen-bond donors (Lipinski definition) is 1. The topological polar surface area (TPSA) is 41.6 Å². The number of anilines is 1. The van der Waals surface area contributed by atoms with Gasteiger partial charge in [-0.05, 0) is 17.7 Å². The van der Waals surface area contributed by atoms with E-state index in [2.05, 4.69) is 10.2 Å². The van der Waals surface area contributed by atoms with Crippen molar-refractivity contribution in [2.45, 2.75) is 6.61 Å². The second kappa shape index (κ2) is 8.85. The summed E-state index contributed by atoms with van der Waals surface area (Å²) < 4.78 is 5.40. The molecule has 2 aromatic carbocycles. The minimum absolute atomic E-state index is 0.0857. The van der Waals surface area contributed by atoms with E-state index < -0.39 is 0 Å². The second-order valence-electron chi connectivity index (χ2n) is 5.09. The first kappa shape index (κ1) is 16.0. The van der Waals surface area contributed by atoms with Crippen molar-refractivity contribution >= 4 is 11.6 Å². The van der Waals surface area contributed by atoms with Gasteiger partial charge in [0, 0.05) is 25.8 Å². The standard InChI is InChI=1S/C18H22N2O2/c1-20(17-10-6-3-7-11-17)13-12-19-18(21)15-22-14-16-8-4-2-5-9-16/h2-11H,12-15H2,1H3,(H,19,21). The number of para-hydroxylation sites is 1. The van der Waals surface area contributed by atoms with Gasteiger partial charge in [-0.3, -0.25) is 4.79 Å². The third-order valence-electron chi connectivity index (χ3n) is 3.31. The number of amides is 1. The van der Waals surface area contributed by atoms with E-state index in [1.807, 2.05) is 67.7 Å². The molecule has 116 valence electrons. The van der Waals surface area contributed by atoms with Gasteiger partial charge in [0.15, 0.2) is 0 Å². The lowest BCUT2D eigenvalue weighted by Crippen LogP contribution is -2.34. The van der Waals surface area contributed by atoms with Gasteiger partial charge >= 0.3 is 0 Å². The van der Waals surface area contributed by atoms with Crippen LogP contribution >= 0.6 is 0 Å². The van der Waals surface area contributed by atoms with E-state index in [4.69, 9.17) is 4.74 Å². The molecule has 0 heterocycles. The summed E-state index contributed by atoms with van der Waals surface area (Å²) >= 11 is 0. The predicted octanol–water partition coefficient (Wildman–Crippen LogP) is 2.46. The zero-order chi connectivity index (χ0) is 15.6. The van der Waals surface area contributed by atoms with Gasteiger partial charge in [0.2, 0.25) is 5.91 Å². The summed E-state index contributed by atoms with van der Waals surface area (Å²) in [6, 6.07) is 19.9. The summed E-state index contributed by atoms with van der Waals surface area (Å²) in [6.07, 6.45) is 0. The molecule has 2 rings (SSSR count).